The largest absolute Gasteiger partial charge is 0.151 e. The molecule has 0 bridgehead atoms. The summed E-state index contributed by atoms with van der Waals surface area (Å²) in [5, 5.41) is 3.05. The summed E-state index contributed by atoms with van der Waals surface area (Å²) in [5.41, 5.74) is 0.518. The monoisotopic (exact) mass is 235 g/mol. The molecule has 96 valence electrons. The third kappa shape index (κ3) is 1.68. The predicted octanol–water partition coefficient (Wildman–Crippen LogP) is 4.26. The van der Waals surface area contributed by atoms with Gasteiger partial charge < -0.3 is 0 Å². The molecule has 17 heavy (non-hydrogen) atoms. The lowest BCUT2D eigenvalue weighted by molar-refractivity contribution is 0.100. The van der Waals surface area contributed by atoms with Crippen molar-refractivity contribution in [2.24, 2.45) is 40.2 Å². The molecule has 0 N–H and O–H groups in total. The quantitative estimate of drug-likeness (QED) is 0.499. The Balaban J connectivity index is 2.08. The number of hydrogen-bond donors (Lipinski definition) is 0. The Morgan fingerprint density at radius 1 is 1.47 bits per heavy atom. The van der Waals surface area contributed by atoms with Gasteiger partial charge in [0.1, 0.15) is 0 Å². The normalized spacial score (nSPS) is 45.2. The summed E-state index contributed by atoms with van der Waals surface area (Å²) in [6.07, 6.45) is 6.80. The zero-order valence-electron chi connectivity index (χ0n) is 11.5. The lowest BCUT2D eigenvalue weighted by Crippen LogP contribution is -2.36. The molecule has 5 unspecified atom stereocenters. The van der Waals surface area contributed by atoms with Crippen LogP contribution >= 0.6 is 0 Å². The highest BCUT2D eigenvalue weighted by Gasteiger charge is 2.76. The Labute approximate surface area is 105 Å². The average molecular weight is 235 g/mol. The molecule has 0 radical (unpaired) electrons. The van der Waals surface area contributed by atoms with Gasteiger partial charge in [-0.15, -0.1) is 0 Å². The van der Waals surface area contributed by atoms with Crippen molar-refractivity contribution < 1.29 is 0 Å². The van der Waals surface area contributed by atoms with Crippen molar-refractivity contribution in [3.05, 3.63) is 17.1 Å². The zero-order valence-corrected chi connectivity index (χ0v) is 11.5. The second kappa shape index (κ2) is 4.55. The van der Waals surface area contributed by atoms with Gasteiger partial charge in [-0.3, -0.25) is 0 Å². The Morgan fingerprint density at radius 2 is 2.18 bits per heavy atom. The highest BCUT2D eigenvalue weighted by atomic mass is 16.3. The molecule has 6 atom stereocenters. The van der Waals surface area contributed by atoms with Gasteiger partial charge in [-0.2, -0.15) is 4.91 Å². The molecule has 0 aliphatic heterocycles. The fraction of sp³-hybridized carbons (Fsp3) is 0.867. The van der Waals surface area contributed by atoms with Crippen molar-refractivity contribution in [2.45, 2.75) is 40.5 Å². The number of hydrogen-bond acceptors (Lipinski definition) is 2. The molecular formula is C15H25NO. The van der Waals surface area contributed by atoms with Gasteiger partial charge in [0.05, 0.1) is 6.54 Å². The van der Waals surface area contributed by atoms with Gasteiger partial charge in [0.2, 0.25) is 0 Å². The van der Waals surface area contributed by atoms with E-state index >= 15 is 0 Å². The molecule has 2 aliphatic carbocycles. The van der Waals surface area contributed by atoms with Crippen LogP contribution in [0.25, 0.3) is 0 Å². The summed E-state index contributed by atoms with van der Waals surface area (Å²) in [4.78, 5) is 10.3. The zero-order chi connectivity index (χ0) is 12.6. The Bertz CT molecular complexity index is 325. The molecular weight excluding hydrogens is 210 g/mol. The lowest BCUT2D eigenvalue weighted by Gasteiger charge is -2.41. The molecule has 2 fully saturated rings. The van der Waals surface area contributed by atoms with Gasteiger partial charge in [-0.1, -0.05) is 44.5 Å². The first-order valence-corrected chi connectivity index (χ1v) is 7.04. The minimum atomic E-state index is 0.494. The van der Waals surface area contributed by atoms with Crippen molar-refractivity contribution in [3.8, 4) is 0 Å². The summed E-state index contributed by atoms with van der Waals surface area (Å²) in [5.74, 6) is 3.99. The molecule has 0 aromatic rings. The van der Waals surface area contributed by atoms with E-state index in [0.717, 1.165) is 24.2 Å². The molecule has 0 amide bonds. The van der Waals surface area contributed by atoms with Gasteiger partial charge in [0.25, 0.3) is 0 Å². The van der Waals surface area contributed by atoms with E-state index in [1.807, 2.05) is 0 Å². The maximum absolute atomic E-state index is 10.3. The van der Waals surface area contributed by atoms with Crippen LogP contribution in [0.1, 0.15) is 40.5 Å². The predicted molar refractivity (Wildman–Crippen MR) is 71.6 cm³/mol. The first kappa shape index (κ1) is 12.8. The van der Waals surface area contributed by atoms with Gasteiger partial charge in [0.15, 0.2) is 0 Å². The Morgan fingerprint density at radius 3 is 2.71 bits per heavy atom. The smallest absolute Gasteiger partial charge is 0.0814 e. The molecule has 2 saturated carbocycles. The fourth-order valence-corrected chi connectivity index (χ4v) is 4.69. The molecule has 0 saturated heterocycles. The summed E-state index contributed by atoms with van der Waals surface area (Å²) >= 11 is 0. The van der Waals surface area contributed by atoms with Crippen molar-refractivity contribution in [2.75, 3.05) is 6.54 Å². The van der Waals surface area contributed by atoms with Crippen LogP contribution in [-0.2, 0) is 0 Å². The highest BCUT2D eigenvalue weighted by molar-refractivity contribution is 5.28. The summed E-state index contributed by atoms with van der Waals surface area (Å²) in [6.45, 7) is 9.71. The number of nitrogens with zero attached hydrogens (tertiary/aromatic N) is 1. The third-order valence-corrected chi connectivity index (χ3v) is 5.60. The summed E-state index contributed by atoms with van der Waals surface area (Å²) in [6, 6.07) is 0. The second-order valence-electron chi connectivity index (χ2n) is 6.15. The summed E-state index contributed by atoms with van der Waals surface area (Å²) in [7, 11) is 0. The van der Waals surface area contributed by atoms with Crippen molar-refractivity contribution >= 4 is 0 Å². The van der Waals surface area contributed by atoms with Crippen LogP contribution < -0.4 is 0 Å². The molecule has 0 aromatic heterocycles. The molecule has 2 heteroatoms. The molecule has 0 heterocycles. The standard InChI is InChI=1S/C15H25NO/c1-5-7-11-12(8-9-16-17)15(4)13(14(11)15)10(3)6-2/h5,7,10-14H,6,8-9H2,1-4H3/b7-5-/t10?,11-,12?,13?,14?,15?/m0/s1. The van der Waals surface area contributed by atoms with E-state index in [0.29, 0.717) is 23.8 Å². The third-order valence-electron chi connectivity index (χ3n) is 5.60. The van der Waals surface area contributed by atoms with Gasteiger partial charge in [-0.05, 0) is 48.3 Å². The van der Waals surface area contributed by atoms with Crippen molar-refractivity contribution in [1.29, 1.82) is 0 Å². The van der Waals surface area contributed by atoms with Crippen molar-refractivity contribution in [1.82, 2.24) is 0 Å². The maximum atomic E-state index is 10.3. The van der Waals surface area contributed by atoms with E-state index in [4.69, 9.17) is 0 Å². The minimum Gasteiger partial charge on any atom is -0.151 e. The number of rotatable bonds is 6. The van der Waals surface area contributed by atoms with Crippen LogP contribution in [0.15, 0.2) is 17.3 Å². The Hall–Kier alpha value is -0.660. The van der Waals surface area contributed by atoms with E-state index in [1.54, 1.807) is 0 Å². The van der Waals surface area contributed by atoms with Crippen molar-refractivity contribution in [3.63, 3.8) is 0 Å². The first-order valence-electron chi connectivity index (χ1n) is 7.04. The first-order chi connectivity index (χ1) is 8.12. The van der Waals surface area contributed by atoms with Crippen LogP contribution in [-0.4, -0.2) is 6.54 Å². The topological polar surface area (TPSA) is 29.4 Å². The van der Waals surface area contributed by atoms with E-state index in [2.05, 4.69) is 45.0 Å². The van der Waals surface area contributed by atoms with Crippen LogP contribution in [0.2, 0.25) is 0 Å². The number of allylic oxidation sites excluding steroid dienone is 2. The van der Waals surface area contributed by atoms with Crippen LogP contribution in [0.4, 0.5) is 0 Å². The van der Waals surface area contributed by atoms with Gasteiger partial charge in [-0.25, -0.2) is 0 Å². The number of fused-ring (bicyclic) bond motifs is 1. The molecule has 2 aliphatic rings. The average Bonchev–Trinajstić information content (AvgIpc) is 2.87. The van der Waals surface area contributed by atoms with E-state index in [-0.39, 0.29) is 0 Å². The van der Waals surface area contributed by atoms with E-state index in [1.165, 1.54) is 6.42 Å². The Kier molecular flexibility index (Phi) is 3.42. The molecule has 0 spiro atoms. The summed E-state index contributed by atoms with van der Waals surface area (Å²) < 4.78 is 0. The SMILES string of the molecule is C/C=C\[C@H]1C(CCN=O)C2(C)C(C(C)CC)C12. The van der Waals surface area contributed by atoms with Gasteiger partial charge >= 0.3 is 0 Å². The maximum Gasteiger partial charge on any atom is 0.0814 e. The van der Waals surface area contributed by atoms with Crippen LogP contribution in [0.5, 0.6) is 0 Å². The molecule has 0 aromatic carbocycles. The molecule has 2 nitrogen and oxygen atoms in total. The van der Waals surface area contributed by atoms with Crippen LogP contribution in [0, 0.1) is 39.9 Å². The van der Waals surface area contributed by atoms with Crippen LogP contribution in [0.3, 0.4) is 0 Å². The van der Waals surface area contributed by atoms with Gasteiger partial charge in [0, 0.05) is 0 Å². The van der Waals surface area contributed by atoms with E-state index in [9.17, 15) is 4.91 Å². The lowest BCUT2D eigenvalue weighted by atomic mass is 9.64. The second-order valence-corrected chi connectivity index (χ2v) is 6.15. The van der Waals surface area contributed by atoms with E-state index < -0.39 is 0 Å². The fourth-order valence-electron chi connectivity index (χ4n) is 4.69. The minimum absolute atomic E-state index is 0.494. The number of nitroso groups, excluding NO2 is 1. The highest BCUT2D eigenvalue weighted by Crippen LogP contribution is 2.81. The molecule has 2 rings (SSSR count).